The monoisotopic (exact) mass is 388 g/mol. The standard InChI is InChI=1S/C21H24O7/c1-12-9-13-11-27-21(24)18-16(28-19(13)17(10-12)25-2)7-6-14(20(18)26-3)15(23)5-4-8-22/h6-7,9-10,15,22-23H,4-5,8,11H2,1-3H3. The highest BCUT2D eigenvalue weighted by Crippen LogP contribution is 2.44. The first-order chi connectivity index (χ1) is 13.5. The Balaban J connectivity index is 2.11. The molecule has 3 rings (SSSR count). The molecule has 0 aliphatic carbocycles. The second kappa shape index (κ2) is 8.50. The summed E-state index contributed by atoms with van der Waals surface area (Å²) in [6.07, 6.45) is -0.140. The van der Waals surface area contributed by atoms with Gasteiger partial charge in [-0.15, -0.1) is 0 Å². The molecule has 1 unspecified atom stereocenters. The molecular weight excluding hydrogens is 364 g/mol. The molecule has 0 fully saturated rings. The van der Waals surface area contributed by atoms with Gasteiger partial charge in [-0.25, -0.2) is 4.79 Å². The van der Waals surface area contributed by atoms with Crippen molar-refractivity contribution in [3.63, 3.8) is 0 Å². The Labute approximate surface area is 163 Å². The predicted molar refractivity (Wildman–Crippen MR) is 101 cm³/mol. The number of cyclic esters (lactones) is 1. The largest absolute Gasteiger partial charge is 0.495 e. The quantitative estimate of drug-likeness (QED) is 0.734. The number of esters is 1. The fourth-order valence-electron chi connectivity index (χ4n) is 3.29. The van der Waals surface area contributed by atoms with Crippen LogP contribution >= 0.6 is 0 Å². The van der Waals surface area contributed by atoms with Gasteiger partial charge in [0.15, 0.2) is 11.5 Å². The highest BCUT2D eigenvalue weighted by atomic mass is 16.6. The van der Waals surface area contributed by atoms with E-state index in [2.05, 4.69) is 0 Å². The van der Waals surface area contributed by atoms with Crippen molar-refractivity contribution in [3.05, 3.63) is 46.5 Å². The van der Waals surface area contributed by atoms with Gasteiger partial charge in [-0.1, -0.05) is 0 Å². The Bertz CT molecular complexity index is 876. The third-order valence-electron chi connectivity index (χ3n) is 4.62. The van der Waals surface area contributed by atoms with Crippen LogP contribution in [0.5, 0.6) is 23.0 Å². The average molecular weight is 388 g/mol. The number of carbonyl (C=O) groups is 1. The number of methoxy groups -OCH3 is 2. The first kappa shape index (κ1) is 20.0. The van der Waals surface area contributed by atoms with Gasteiger partial charge in [0.2, 0.25) is 0 Å². The van der Waals surface area contributed by atoms with Gasteiger partial charge in [-0.2, -0.15) is 0 Å². The molecule has 0 saturated heterocycles. The maximum absolute atomic E-state index is 12.7. The van der Waals surface area contributed by atoms with E-state index in [1.54, 1.807) is 19.2 Å². The number of aliphatic hydroxyl groups excluding tert-OH is 2. The highest BCUT2D eigenvalue weighted by molar-refractivity contribution is 5.96. The molecular formula is C21H24O7. The van der Waals surface area contributed by atoms with Crippen LogP contribution in [0.3, 0.4) is 0 Å². The van der Waals surface area contributed by atoms with E-state index >= 15 is 0 Å². The van der Waals surface area contributed by atoms with E-state index in [4.69, 9.17) is 24.1 Å². The number of hydrogen-bond acceptors (Lipinski definition) is 7. The molecule has 0 bridgehead atoms. The van der Waals surface area contributed by atoms with Crippen molar-refractivity contribution in [2.24, 2.45) is 0 Å². The zero-order valence-corrected chi connectivity index (χ0v) is 16.2. The first-order valence-electron chi connectivity index (χ1n) is 9.02. The Morgan fingerprint density at radius 3 is 2.68 bits per heavy atom. The summed E-state index contributed by atoms with van der Waals surface area (Å²) in [5.74, 6) is 0.849. The molecule has 1 heterocycles. The molecule has 7 nitrogen and oxygen atoms in total. The average Bonchev–Trinajstić information content (AvgIpc) is 2.69. The van der Waals surface area contributed by atoms with E-state index < -0.39 is 12.1 Å². The number of rotatable bonds is 6. The van der Waals surface area contributed by atoms with Crippen LogP contribution < -0.4 is 14.2 Å². The zero-order valence-electron chi connectivity index (χ0n) is 16.2. The molecule has 0 radical (unpaired) electrons. The molecule has 0 amide bonds. The summed E-state index contributed by atoms with van der Waals surface area (Å²) < 4.78 is 22.4. The van der Waals surface area contributed by atoms with Gasteiger partial charge in [0.05, 0.1) is 20.3 Å². The predicted octanol–water partition coefficient (Wildman–Crippen LogP) is 3.28. The molecule has 28 heavy (non-hydrogen) atoms. The second-order valence-corrected chi connectivity index (χ2v) is 6.58. The lowest BCUT2D eigenvalue weighted by Gasteiger charge is -2.23. The third-order valence-corrected chi connectivity index (χ3v) is 4.62. The maximum Gasteiger partial charge on any atom is 0.346 e. The number of fused-ring (bicyclic) bond motifs is 2. The number of ether oxygens (including phenoxy) is 4. The number of carbonyl (C=O) groups excluding carboxylic acids is 1. The van der Waals surface area contributed by atoms with Crippen LogP contribution in [-0.2, 0) is 11.3 Å². The summed E-state index contributed by atoms with van der Waals surface area (Å²) in [6.45, 7) is 1.90. The summed E-state index contributed by atoms with van der Waals surface area (Å²) in [5, 5.41) is 19.4. The van der Waals surface area contributed by atoms with Crippen molar-refractivity contribution in [2.45, 2.75) is 32.5 Å². The van der Waals surface area contributed by atoms with Crippen LogP contribution in [0.4, 0.5) is 0 Å². The van der Waals surface area contributed by atoms with E-state index in [1.807, 2.05) is 19.1 Å². The molecule has 2 aromatic rings. The fraction of sp³-hybridized carbons (Fsp3) is 0.381. The minimum absolute atomic E-state index is 0.0199. The molecule has 0 aromatic heterocycles. The van der Waals surface area contributed by atoms with Crippen LogP contribution in [0.15, 0.2) is 24.3 Å². The van der Waals surface area contributed by atoms with Crippen molar-refractivity contribution >= 4 is 5.97 Å². The van der Waals surface area contributed by atoms with Crippen molar-refractivity contribution in [2.75, 3.05) is 20.8 Å². The third kappa shape index (κ3) is 3.76. The summed E-state index contributed by atoms with van der Waals surface area (Å²) in [6, 6.07) is 6.96. The minimum Gasteiger partial charge on any atom is -0.495 e. The first-order valence-corrected chi connectivity index (χ1v) is 9.02. The Morgan fingerprint density at radius 1 is 1.21 bits per heavy atom. The maximum atomic E-state index is 12.7. The van der Waals surface area contributed by atoms with Gasteiger partial charge < -0.3 is 29.2 Å². The smallest absolute Gasteiger partial charge is 0.346 e. The van der Waals surface area contributed by atoms with Gasteiger partial charge in [0.25, 0.3) is 0 Å². The number of hydrogen-bond donors (Lipinski definition) is 2. The molecule has 7 heteroatoms. The fourth-order valence-corrected chi connectivity index (χ4v) is 3.29. The Morgan fingerprint density at radius 2 is 2.00 bits per heavy atom. The summed E-state index contributed by atoms with van der Waals surface area (Å²) >= 11 is 0. The molecule has 2 aromatic carbocycles. The molecule has 1 atom stereocenters. The lowest BCUT2D eigenvalue weighted by atomic mass is 9.99. The Hall–Kier alpha value is -2.77. The number of aliphatic hydroxyl groups is 2. The topological polar surface area (TPSA) is 94.5 Å². The van der Waals surface area contributed by atoms with Crippen LogP contribution in [0.2, 0.25) is 0 Å². The lowest BCUT2D eigenvalue weighted by molar-refractivity contribution is 0.0454. The molecule has 2 N–H and O–H groups in total. The summed E-state index contributed by atoms with van der Waals surface area (Å²) in [7, 11) is 2.97. The van der Waals surface area contributed by atoms with E-state index in [9.17, 15) is 9.90 Å². The Kier molecular flexibility index (Phi) is 6.06. The number of aryl methyl sites for hydroxylation is 1. The molecule has 150 valence electrons. The SMILES string of the molecule is COc1cc(C)cc2c1Oc1ccc(C(O)CCCO)c(OC)c1C(=O)OC2. The van der Waals surface area contributed by atoms with Crippen molar-refractivity contribution in [1.82, 2.24) is 0 Å². The van der Waals surface area contributed by atoms with Gasteiger partial charge in [0, 0.05) is 17.7 Å². The summed E-state index contributed by atoms with van der Waals surface area (Å²) in [4.78, 5) is 12.7. The van der Waals surface area contributed by atoms with Crippen LogP contribution in [-0.4, -0.2) is 37.0 Å². The van der Waals surface area contributed by atoms with E-state index in [-0.39, 0.29) is 30.3 Å². The van der Waals surface area contributed by atoms with Gasteiger partial charge >= 0.3 is 5.97 Å². The van der Waals surface area contributed by atoms with E-state index in [1.165, 1.54) is 7.11 Å². The molecule has 0 spiro atoms. The van der Waals surface area contributed by atoms with Gasteiger partial charge in [0.1, 0.15) is 23.7 Å². The van der Waals surface area contributed by atoms with Crippen molar-refractivity contribution in [3.8, 4) is 23.0 Å². The zero-order chi connectivity index (χ0) is 20.3. The van der Waals surface area contributed by atoms with E-state index in [0.717, 1.165) is 5.56 Å². The van der Waals surface area contributed by atoms with Crippen LogP contribution in [0, 0.1) is 6.92 Å². The normalized spacial score (nSPS) is 14.0. The van der Waals surface area contributed by atoms with Gasteiger partial charge in [-0.3, -0.25) is 0 Å². The summed E-state index contributed by atoms with van der Waals surface area (Å²) in [5.41, 5.74) is 2.20. The van der Waals surface area contributed by atoms with Gasteiger partial charge in [-0.05, 0) is 49.6 Å². The molecule has 1 aliphatic rings. The molecule has 0 saturated carbocycles. The molecule has 1 aliphatic heterocycles. The lowest BCUT2D eigenvalue weighted by Crippen LogP contribution is -2.15. The van der Waals surface area contributed by atoms with Crippen molar-refractivity contribution in [1.29, 1.82) is 0 Å². The number of benzene rings is 2. The van der Waals surface area contributed by atoms with Crippen LogP contribution in [0.1, 0.15) is 46.0 Å². The van der Waals surface area contributed by atoms with E-state index in [0.29, 0.717) is 35.5 Å². The van der Waals surface area contributed by atoms with Crippen LogP contribution in [0.25, 0.3) is 0 Å². The van der Waals surface area contributed by atoms with Crippen molar-refractivity contribution < 1.29 is 34.0 Å². The highest BCUT2D eigenvalue weighted by Gasteiger charge is 2.29. The second-order valence-electron chi connectivity index (χ2n) is 6.58. The minimum atomic E-state index is -0.893.